The Balaban J connectivity index is 1.98. The van der Waals surface area contributed by atoms with Crippen LogP contribution in [0, 0.1) is 5.92 Å². The predicted octanol–water partition coefficient (Wildman–Crippen LogP) is 3.77. The number of aromatic nitrogens is 2. The van der Waals surface area contributed by atoms with Crippen molar-refractivity contribution in [2.75, 3.05) is 5.32 Å². The number of amides is 1. The average molecular weight is 310 g/mol. The van der Waals surface area contributed by atoms with Gasteiger partial charge in [-0.15, -0.1) is 10.2 Å². The maximum atomic E-state index is 11.8. The lowest BCUT2D eigenvalue weighted by Crippen LogP contribution is -2.19. The van der Waals surface area contributed by atoms with Crippen molar-refractivity contribution in [3.8, 4) is 0 Å². The summed E-state index contributed by atoms with van der Waals surface area (Å²) in [6.07, 6.45) is 1.50. The molecule has 0 aliphatic carbocycles. The standard InChI is InChI=1S/C14H16ClN3OS/c1-3-9(2)13(19)16-14-18-17-12(20-14)8-10-4-6-11(15)7-5-10/h4-7,9H,3,8H2,1-2H3,(H,16,18,19)/t9-/m1/s1. The third kappa shape index (κ3) is 4.02. The van der Waals surface area contributed by atoms with Crippen molar-refractivity contribution in [3.05, 3.63) is 39.9 Å². The first-order valence-corrected chi connectivity index (χ1v) is 7.65. The molecule has 1 aromatic carbocycles. The van der Waals surface area contributed by atoms with Gasteiger partial charge >= 0.3 is 0 Å². The Hall–Kier alpha value is -1.46. The van der Waals surface area contributed by atoms with Crippen LogP contribution >= 0.6 is 22.9 Å². The van der Waals surface area contributed by atoms with Gasteiger partial charge in [0.25, 0.3) is 0 Å². The molecule has 0 unspecified atom stereocenters. The molecule has 0 aliphatic rings. The second-order valence-electron chi connectivity index (χ2n) is 4.60. The fraction of sp³-hybridized carbons (Fsp3) is 0.357. The Morgan fingerprint density at radius 2 is 2.05 bits per heavy atom. The van der Waals surface area contributed by atoms with Crippen molar-refractivity contribution in [3.63, 3.8) is 0 Å². The molecule has 106 valence electrons. The molecule has 1 amide bonds. The highest BCUT2D eigenvalue weighted by Crippen LogP contribution is 2.20. The van der Waals surface area contributed by atoms with E-state index in [9.17, 15) is 4.79 Å². The predicted molar refractivity (Wildman–Crippen MR) is 82.3 cm³/mol. The van der Waals surface area contributed by atoms with Gasteiger partial charge in [-0.1, -0.05) is 48.9 Å². The van der Waals surface area contributed by atoms with Gasteiger partial charge < -0.3 is 5.32 Å². The Morgan fingerprint density at radius 3 is 2.70 bits per heavy atom. The fourth-order valence-corrected chi connectivity index (χ4v) is 2.47. The highest BCUT2D eigenvalue weighted by atomic mass is 35.5. The van der Waals surface area contributed by atoms with E-state index in [1.54, 1.807) is 0 Å². The zero-order valence-corrected chi connectivity index (χ0v) is 13.0. The molecule has 2 aromatic rings. The molecule has 0 spiro atoms. The highest BCUT2D eigenvalue weighted by molar-refractivity contribution is 7.15. The maximum Gasteiger partial charge on any atom is 0.229 e. The van der Waals surface area contributed by atoms with Crippen LogP contribution in [0.2, 0.25) is 5.02 Å². The van der Waals surface area contributed by atoms with Gasteiger partial charge in [-0.25, -0.2) is 0 Å². The minimum Gasteiger partial charge on any atom is -0.300 e. The molecule has 1 atom stereocenters. The minimum absolute atomic E-state index is 0.0123. The van der Waals surface area contributed by atoms with Crippen molar-refractivity contribution >= 4 is 34.0 Å². The van der Waals surface area contributed by atoms with Crippen LogP contribution in [0.3, 0.4) is 0 Å². The Labute approximate surface area is 127 Å². The summed E-state index contributed by atoms with van der Waals surface area (Å²) in [5.41, 5.74) is 1.12. The van der Waals surface area contributed by atoms with E-state index in [1.165, 1.54) is 11.3 Å². The molecule has 0 saturated carbocycles. The second kappa shape index (κ2) is 6.81. The molecule has 1 N–H and O–H groups in total. The molecule has 2 rings (SSSR count). The number of nitrogens with one attached hydrogen (secondary N) is 1. The molecule has 0 bridgehead atoms. The summed E-state index contributed by atoms with van der Waals surface area (Å²) in [7, 11) is 0. The van der Waals surface area contributed by atoms with Gasteiger partial charge in [0.2, 0.25) is 11.0 Å². The first-order valence-electron chi connectivity index (χ1n) is 6.46. The molecule has 1 aromatic heterocycles. The molecule has 6 heteroatoms. The third-order valence-electron chi connectivity index (χ3n) is 3.03. The number of halogens is 1. The Bertz CT molecular complexity index is 582. The molecule has 0 aliphatic heterocycles. The van der Waals surface area contributed by atoms with E-state index in [-0.39, 0.29) is 11.8 Å². The summed E-state index contributed by atoms with van der Waals surface area (Å²) in [5.74, 6) is -0.0275. The van der Waals surface area contributed by atoms with Crippen molar-refractivity contribution in [2.24, 2.45) is 5.92 Å². The number of anilines is 1. The summed E-state index contributed by atoms with van der Waals surface area (Å²) in [4.78, 5) is 11.8. The zero-order valence-electron chi connectivity index (χ0n) is 11.4. The Morgan fingerprint density at radius 1 is 1.35 bits per heavy atom. The monoisotopic (exact) mass is 309 g/mol. The summed E-state index contributed by atoms with van der Waals surface area (Å²) >= 11 is 7.25. The van der Waals surface area contributed by atoms with E-state index < -0.39 is 0 Å². The van der Waals surface area contributed by atoms with Crippen LogP contribution in [-0.4, -0.2) is 16.1 Å². The zero-order chi connectivity index (χ0) is 14.5. The van der Waals surface area contributed by atoms with Gasteiger partial charge in [-0.05, 0) is 24.1 Å². The lowest BCUT2D eigenvalue weighted by Gasteiger charge is -2.06. The van der Waals surface area contributed by atoms with Crippen LogP contribution in [0.5, 0.6) is 0 Å². The molecule has 1 heterocycles. The van der Waals surface area contributed by atoms with Gasteiger partial charge in [-0.2, -0.15) is 0 Å². The normalized spacial score (nSPS) is 12.2. The second-order valence-corrected chi connectivity index (χ2v) is 6.10. The van der Waals surface area contributed by atoms with Gasteiger partial charge in [0.1, 0.15) is 5.01 Å². The first kappa shape index (κ1) is 14.9. The van der Waals surface area contributed by atoms with Crippen LogP contribution in [0.1, 0.15) is 30.8 Å². The van der Waals surface area contributed by atoms with Crippen LogP contribution < -0.4 is 5.32 Å². The number of carbonyl (C=O) groups excluding carboxylic acids is 1. The number of carbonyl (C=O) groups is 1. The highest BCUT2D eigenvalue weighted by Gasteiger charge is 2.13. The SMILES string of the molecule is CC[C@@H](C)C(=O)Nc1nnc(Cc2ccc(Cl)cc2)s1. The summed E-state index contributed by atoms with van der Waals surface area (Å²) in [6.45, 7) is 3.88. The number of hydrogen-bond acceptors (Lipinski definition) is 4. The number of benzene rings is 1. The molecule has 4 nitrogen and oxygen atoms in total. The fourth-order valence-electron chi connectivity index (χ4n) is 1.57. The average Bonchev–Trinajstić information content (AvgIpc) is 2.87. The van der Waals surface area contributed by atoms with E-state index in [1.807, 2.05) is 38.1 Å². The molecule has 0 radical (unpaired) electrons. The topological polar surface area (TPSA) is 54.9 Å². The van der Waals surface area contributed by atoms with E-state index in [0.717, 1.165) is 17.0 Å². The van der Waals surface area contributed by atoms with Crippen LogP contribution in [0.25, 0.3) is 0 Å². The largest absolute Gasteiger partial charge is 0.300 e. The van der Waals surface area contributed by atoms with Crippen molar-refractivity contribution in [1.29, 1.82) is 0 Å². The third-order valence-corrected chi connectivity index (χ3v) is 4.12. The van der Waals surface area contributed by atoms with E-state index in [4.69, 9.17) is 11.6 Å². The molecule has 20 heavy (non-hydrogen) atoms. The van der Waals surface area contributed by atoms with Gasteiger partial charge in [-0.3, -0.25) is 4.79 Å². The summed E-state index contributed by atoms with van der Waals surface area (Å²) in [5, 5.41) is 13.0. The number of hydrogen-bond donors (Lipinski definition) is 1. The van der Waals surface area contributed by atoms with E-state index in [0.29, 0.717) is 16.6 Å². The van der Waals surface area contributed by atoms with Gasteiger partial charge in [0, 0.05) is 17.4 Å². The first-order chi connectivity index (χ1) is 9.58. The van der Waals surface area contributed by atoms with Crippen LogP contribution in [-0.2, 0) is 11.2 Å². The summed E-state index contributed by atoms with van der Waals surface area (Å²) in [6, 6.07) is 7.62. The van der Waals surface area contributed by atoms with Crippen molar-refractivity contribution < 1.29 is 4.79 Å². The minimum atomic E-state index is -0.0152. The maximum absolute atomic E-state index is 11.8. The van der Waals surface area contributed by atoms with Gasteiger partial charge in [0.05, 0.1) is 0 Å². The van der Waals surface area contributed by atoms with Crippen molar-refractivity contribution in [1.82, 2.24) is 10.2 Å². The number of rotatable bonds is 5. The van der Waals surface area contributed by atoms with Gasteiger partial charge in [0.15, 0.2) is 0 Å². The lowest BCUT2D eigenvalue weighted by molar-refractivity contribution is -0.119. The quantitative estimate of drug-likeness (QED) is 0.914. The van der Waals surface area contributed by atoms with E-state index >= 15 is 0 Å². The lowest BCUT2D eigenvalue weighted by atomic mass is 10.1. The van der Waals surface area contributed by atoms with Crippen LogP contribution in [0.4, 0.5) is 5.13 Å². The summed E-state index contributed by atoms with van der Waals surface area (Å²) < 4.78 is 0. The molecular formula is C14H16ClN3OS. The number of nitrogens with zero attached hydrogens (tertiary/aromatic N) is 2. The Kier molecular flexibility index (Phi) is 5.09. The molecule has 0 saturated heterocycles. The van der Waals surface area contributed by atoms with E-state index in [2.05, 4.69) is 15.5 Å². The molecular weight excluding hydrogens is 294 g/mol. The smallest absolute Gasteiger partial charge is 0.229 e. The van der Waals surface area contributed by atoms with Crippen LogP contribution in [0.15, 0.2) is 24.3 Å². The molecule has 0 fully saturated rings. The van der Waals surface area contributed by atoms with Crippen molar-refractivity contribution in [2.45, 2.75) is 26.7 Å².